The van der Waals surface area contributed by atoms with E-state index >= 15 is 0 Å². The van der Waals surface area contributed by atoms with Crippen LogP contribution in [0.2, 0.25) is 0 Å². The van der Waals surface area contributed by atoms with Crippen LogP contribution in [0.4, 0.5) is 11.6 Å². The second-order valence-corrected chi connectivity index (χ2v) is 6.42. The fourth-order valence-electron chi connectivity index (χ4n) is 3.02. The quantitative estimate of drug-likeness (QED) is 0.932. The van der Waals surface area contributed by atoms with E-state index < -0.39 is 0 Å². The highest BCUT2D eigenvalue weighted by atomic mass is 15.3. The van der Waals surface area contributed by atoms with Gasteiger partial charge in [0.15, 0.2) is 5.82 Å². The van der Waals surface area contributed by atoms with Gasteiger partial charge in [-0.05, 0) is 56.4 Å². The Balaban J connectivity index is 1.66. The Kier molecular flexibility index (Phi) is 4.61. The van der Waals surface area contributed by atoms with Crippen LogP contribution >= 0.6 is 0 Å². The number of aryl methyl sites for hydroxylation is 2. The summed E-state index contributed by atoms with van der Waals surface area (Å²) in [6.07, 6.45) is 2.89. The molecule has 24 heavy (non-hydrogen) atoms. The number of rotatable bonds is 4. The molecule has 0 saturated carbocycles. The van der Waals surface area contributed by atoms with Crippen LogP contribution < -0.4 is 10.2 Å². The van der Waals surface area contributed by atoms with Crippen molar-refractivity contribution in [3.63, 3.8) is 0 Å². The highest BCUT2D eigenvalue weighted by Gasteiger charge is 2.26. The van der Waals surface area contributed by atoms with Crippen LogP contribution in [0.3, 0.4) is 0 Å². The molecule has 1 fully saturated rings. The third kappa shape index (κ3) is 3.30. The van der Waals surface area contributed by atoms with E-state index in [2.05, 4.69) is 44.5 Å². The van der Waals surface area contributed by atoms with E-state index in [1.54, 1.807) is 0 Å². The molecule has 3 rings (SSSR count). The van der Waals surface area contributed by atoms with E-state index in [9.17, 15) is 5.26 Å². The molecule has 1 atom stereocenters. The van der Waals surface area contributed by atoms with Gasteiger partial charge in [0.25, 0.3) is 0 Å². The van der Waals surface area contributed by atoms with Gasteiger partial charge in [0.1, 0.15) is 17.5 Å². The fraction of sp³-hybridized carbons (Fsp3) is 0.444. The van der Waals surface area contributed by atoms with Crippen molar-refractivity contribution in [3.05, 3.63) is 40.7 Å². The minimum Gasteiger partial charge on any atom is -0.370 e. The number of hydrogen-bond acceptors (Lipinski definition) is 6. The summed E-state index contributed by atoms with van der Waals surface area (Å²) in [6, 6.07) is 6.33. The van der Waals surface area contributed by atoms with Gasteiger partial charge in [-0.25, -0.2) is 4.98 Å². The molecule has 6 heteroatoms. The molecule has 0 radical (unpaired) electrons. The molecule has 1 aliphatic heterocycles. The van der Waals surface area contributed by atoms with E-state index in [0.29, 0.717) is 11.5 Å². The molecule has 6 nitrogen and oxygen atoms in total. The lowest BCUT2D eigenvalue weighted by Crippen LogP contribution is -2.25. The summed E-state index contributed by atoms with van der Waals surface area (Å²) in [7, 11) is 0. The summed E-state index contributed by atoms with van der Waals surface area (Å²) >= 11 is 0. The van der Waals surface area contributed by atoms with Crippen molar-refractivity contribution in [2.75, 3.05) is 29.9 Å². The fourth-order valence-corrected chi connectivity index (χ4v) is 3.02. The van der Waals surface area contributed by atoms with Crippen LogP contribution in [-0.2, 0) is 0 Å². The summed E-state index contributed by atoms with van der Waals surface area (Å²) in [5.74, 6) is 2.14. The van der Waals surface area contributed by atoms with E-state index in [-0.39, 0.29) is 0 Å². The van der Waals surface area contributed by atoms with Gasteiger partial charge < -0.3 is 10.2 Å². The monoisotopic (exact) mass is 322 g/mol. The molecule has 2 aromatic rings. The Bertz CT molecular complexity index is 780. The normalized spacial score (nSPS) is 16.9. The van der Waals surface area contributed by atoms with E-state index in [0.717, 1.165) is 48.9 Å². The van der Waals surface area contributed by atoms with Crippen LogP contribution in [0.1, 0.15) is 28.8 Å². The summed E-state index contributed by atoms with van der Waals surface area (Å²) in [6.45, 7) is 8.53. The van der Waals surface area contributed by atoms with Crippen molar-refractivity contribution in [2.45, 2.75) is 27.2 Å². The molecule has 1 saturated heterocycles. The van der Waals surface area contributed by atoms with Crippen LogP contribution in [0, 0.1) is 38.0 Å². The van der Waals surface area contributed by atoms with Gasteiger partial charge in [-0.15, -0.1) is 5.10 Å². The SMILES string of the molecule is Cc1ccnc(NC[C@H]2CCN(c3nnc(C)c(C)c3C#N)C2)c1. The number of nitriles is 1. The van der Waals surface area contributed by atoms with Gasteiger partial charge in [-0.2, -0.15) is 10.4 Å². The maximum absolute atomic E-state index is 9.46. The van der Waals surface area contributed by atoms with Gasteiger partial charge in [0.2, 0.25) is 0 Å². The van der Waals surface area contributed by atoms with E-state index in [1.165, 1.54) is 5.56 Å². The number of pyridine rings is 1. The first-order valence-corrected chi connectivity index (χ1v) is 8.24. The first-order valence-electron chi connectivity index (χ1n) is 8.24. The molecule has 124 valence electrons. The molecular weight excluding hydrogens is 300 g/mol. The largest absolute Gasteiger partial charge is 0.370 e. The Hall–Kier alpha value is -2.68. The van der Waals surface area contributed by atoms with E-state index in [1.807, 2.05) is 26.1 Å². The average molecular weight is 322 g/mol. The number of aromatic nitrogens is 3. The predicted octanol–water partition coefficient (Wildman–Crippen LogP) is 2.61. The first kappa shape index (κ1) is 16.2. The summed E-state index contributed by atoms with van der Waals surface area (Å²) in [4.78, 5) is 6.51. The zero-order valence-corrected chi connectivity index (χ0v) is 14.4. The zero-order valence-electron chi connectivity index (χ0n) is 14.4. The molecular formula is C18H22N6. The lowest BCUT2D eigenvalue weighted by molar-refractivity contribution is 0.620. The lowest BCUT2D eigenvalue weighted by atomic mass is 10.1. The molecule has 0 amide bonds. The van der Waals surface area contributed by atoms with Gasteiger partial charge in [0.05, 0.1) is 5.69 Å². The standard InChI is InChI=1S/C18H22N6/c1-12-4-6-20-17(8-12)21-10-15-5-7-24(11-15)18-16(9-19)13(2)14(3)22-23-18/h4,6,8,15H,5,7,10-11H2,1-3H3,(H,20,21)/t15-/m1/s1. The topological polar surface area (TPSA) is 77.7 Å². The molecule has 1 N–H and O–H groups in total. The van der Waals surface area contributed by atoms with Crippen molar-refractivity contribution in [3.8, 4) is 6.07 Å². The van der Waals surface area contributed by atoms with Crippen molar-refractivity contribution in [1.82, 2.24) is 15.2 Å². The number of anilines is 2. The lowest BCUT2D eigenvalue weighted by Gasteiger charge is -2.19. The van der Waals surface area contributed by atoms with Gasteiger partial charge in [-0.1, -0.05) is 0 Å². The Labute approximate surface area is 142 Å². The Morgan fingerprint density at radius 2 is 2.17 bits per heavy atom. The number of hydrogen-bond donors (Lipinski definition) is 1. The average Bonchev–Trinajstić information content (AvgIpc) is 3.04. The molecule has 0 aromatic carbocycles. The third-order valence-corrected chi connectivity index (χ3v) is 4.62. The van der Waals surface area contributed by atoms with E-state index in [4.69, 9.17) is 0 Å². The predicted molar refractivity (Wildman–Crippen MR) is 94.0 cm³/mol. The second kappa shape index (κ2) is 6.83. The molecule has 3 heterocycles. The summed E-state index contributed by atoms with van der Waals surface area (Å²) in [5, 5.41) is 21.3. The highest BCUT2D eigenvalue weighted by molar-refractivity contribution is 5.58. The van der Waals surface area contributed by atoms with Crippen LogP contribution in [0.15, 0.2) is 18.3 Å². The van der Waals surface area contributed by atoms with Crippen molar-refractivity contribution in [1.29, 1.82) is 5.26 Å². The smallest absolute Gasteiger partial charge is 0.169 e. The first-order chi connectivity index (χ1) is 11.6. The molecule has 1 aliphatic rings. The summed E-state index contributed by atoms with van der Waals surface area (Å²) < 4.78 is 0. The molecule has 0 aliphatic carbocycles. The Morgan fingerprint density at radius 1 is 1.33 bits per heavy atom. The van der Waals surface area contributed by atoms with Crippen LogP contribution in [-0.4, -0.2) is 34.8 Å². The highest BCUT2D eigenvalue weighted by Crippen LogP contribution is 2.27. The van der Waals surface area contributed by atoms with Crippen LogP contribution in [0.5, 0.6) is 0 Å². The second-order valence-electron chi connectivity index (χ2n) is 6.42. The molecule has 0 spiro atoms. The number of nitrogens with one attached hydrogen (secondary N) is 1. The molecule has 0 bridgehead atoms. The maximum Gasteiger partial charge on any atom is 0.169 e. The zero-order chi connectivity index (χ0) is 17.1. The maximum atomic E-state index is 9.46. The molecule has 2 aromatic heterocycles. The van der Waals surface area contributed by atoms with Crippen molar-refractivity contribution < 1.29 is 0 Å². The summed E-state index contributed by atoms with van der Waals surface area (Å²) in [5.41, 5.74) is 3.59. The molecule has 0 unspecified atom stereocenters. The van der Waals surface area contributed by atoms with Crippen molar-refractivity contribution >= 4 is 11.6 Å². The van der Waals surface area contributed by atoms with Crippen molar-refractivity contribution in [2.24, 2.45) is 5.92 Å². The van der Waals surface area contributed by atoms with Gasteiger partial charge >= 0.3 is 0 Å². The minimum absolute atomic E-state index is 0.502. The minimum atomic E-state index is 0.502. The third-order valence-electron chi connectivity index (χ3n) is 4.62. The van der Waals surface area contributed by atoms with Crippen LogP contribution in [0.25, 0.3) is 0 Å². The van der Waals surface area contributed by atoms with Gasteiger partial charge in [-0.3, -0.25) is 0 Å². The Morgan fingerprint density at radius 3 is 2.92 bits per heavy atom. The van der Waals surface area contributed by atoms with Gasteiger partial charge in [0, 0.05) is 25.8 Å². The number of nitrogens with zero attached hydrogens (tertiary/aromatic N) is 5.